The molecule has 4 aliphatic rings. The average molecular weight is 331 g/mol. The first-order valence-corrected chi connectivity index (χ1v) is 8.94. The maximum Gasteiger partial charge on any atom is 0.285 e. The molecular formula is C18H25N3O3+2. The third-order valence-electron chi connectivity index (χ3n) is 6.84. The Labute approximate surface area is 141 Å². The second-order valence-electron chi connectivity index (χ2n) is 7.87. The van der Waals surface area contributed by atoms with Gasteiger partial charge in [-0.3, -0.25) is 24.7 Å². The highest BCUT2D eigenvalue weighted by atomic mass is 16.6. The summed E-state index contributed by atoms with van der Waals surface area (Å²) in [5.41, 5.74) is 0.600. The molecule has 128 valence electrons. The minimum atomic E-state index is -0.266. The molecule has 6 heteroatoms. The lowest BCUT2D eigenvalue weighted by atomic mass is 9.58. The number of rotatable bonds is 4. The van der Waals surface area contributed by atoms with Crippen LogP contribution < -0.4 is 9.80 Å². The molecule has 4 saturated heterocycles. The van der Waals surface area contributed by atoms with E-state index in [9.17, 15) is 14.9 Å². The maximum atomic E-state index is 13.2. The van der Waals surface area contributed by atoms with Gasteiger partial charge < -0.3 is 0 Å². The van der Waals surface area contributed by atoms with E-state index in [1.165, 1.54) is 9.80 Å². The lowest BCUT2D eigenvalue weighted by molar-refractivity contribution is -1.18. The van der Waals surface area contributed by atoms with Gasteiger partial charge in [0.15, 0.2) is 5.78 Å². The first-order chi connectivity index (χ1) is 11.5. The molecule has 6 nitrogen and oxygen atoms in total. The van der Waals surface area contributed by atoms with Crippen LogP contribution in [0.1, 0.15) is 38.4 Å². The summed E-state index contributed by atoms with van der Waals surface area (Å²) < 4.78 is 0. The Balaban J connectivity index is 1.79. The van der Waals surface area contributed by atoms with E-state index in [0.717, 1.165) is 44.6 Å². The van der Waals surface area contributed by atoms with Gasteiger partial charge >= 0.3 is 0 Å². The smallest absolute Gasteiger partial charge is 0.285 e. The van der Waals surface area contributed by atoms with Crippen LogP contribution in [0.4, 0.5) is 5.69 Å². The number of carbonyl (C=O) groups is 1. The molecule has 0 atom stereocenters. The Bertz CT molecular complexity index is 675. The van der Waals surface area contributed by atoms with Gasteiger partial charge in [0.25, 0.3) is 5.69 Å². The van der Waals surface area contributed by atoms with Crippen molar-refractivity contribution >= 4 is 11.5 Å². The van der Waals surface area contributed by atoms with Crippen LogP contribution in [0.2, 0.25) is 0 Å². The summed E-state index contributed by atoms with van der Waals surface area (Å²) in [5.74, 6) is 0.466. The minimum Gasteiger partial charge on any atom is -0.297 e. The monoisotopic (exact) mass is 331 g/mol. The van der Waals surface area contributed by atoms with E-state index in [-0.39, 0.29) is 27.6 Å². The van der Waals surface area contributed by atoms with Gasteiger partial charge in [0.1, 0.15) is 42.6 Å². The second-order valence-corrected chi connectivity index (χ2v) is 7.87. The molecule has 0 aliphatic carbocycles. The summed E-state index contributed by atoms with van der Waals surface area (Å²) in [5, 5.41) is 11.5. The van der Waals surface area contributed by atoms with Crippen LogP contribution in [0.3, 0.4) is 0 Å². The van der Waals surface area contributed by atoms with Crippen LogP contribution in [-0.4, -0.2) is 36.9 Å². The predicted molar refractivity (Wildman–Crippen MR) is 87.7 cm³/mol. The number of nitrogens with one attached hydrogen (secondary N) is 2. The van der Waals surface area contributed by atoms with Crippen molar-refractivity contribution < 1.29 is 19.5 Å². The second kappa shape index (κ2) is 5.10. The molecule has 2 N–H and O–H groups in total. The SMILES string of the molecule is CCC12C[NH+]3CC(CC)(C[NH+](C1)C3c1ccccc1[N+](=O)[O-])C2=O. The summed E-state index contributed by atoms with van der Waals surface area (Å²) >= 11 is 0. The number of carbonyl (C=O) groups excluding carboxylic acids is 1. The molecule has 0 saturated carbocycles. The fraction of sp³-hybridized carbons (Fsp3) is 0.611. The third-order valence-corrected chi connectivity index (χ3v) is 6.84. The highest BCUT2D eigenvalue weighted by molar-refractivity contribution is 5.92. The van der Waals surface area contributed by atoms with Crippen molar-refractivity contribution in [2.45, 2.75) is 32.9 Å². The van der Waals surface area contributed by atoms with Gasteiger partial charge in [0, 0.05) is 6.07 Å². The fourth-order valence-corrected chi connectivity index (χ4v) is 5.73. The molecule has 0 spiro atoms. The molecule has 0 unspecified atom stereocenters. The van der Waals surface area contributed by atoms with Crippen LogP contribution in [0.15, 0.2) is 24.3 Å². The van der Waals surface area contributed by atoms with Crippen LogP contribution in [0.5, 0.6) is 0 Å². The molecule has 1 aromatic carbocycles. The van der Waals surface area contributed by atoms with Crippen molar-refractivity contribution in [2.75, 3.05) is 26.2 Å². The minimum absolute atomic E-state index is 0.0825. The highest BCUT2D eigenvalue weighted by Crippen LogP contribution is 2.41. The number of ketones is 1. The van der Waals surface area contributed by atoms with E-state index in [1.807, 2.05) is 12.1 Å². The quantitative estimate of drug-likeness (QED) is 0.591. The molecule has 5 rings (SSSR count). The van der Waals surface area contributed by atoms with Crippen molar-refractivity contribution in [3.8, 4) is 0 Å². The van der Waals surface area contributed by atoms with Gasteiger partial charge in [-0.1, -0.05) is 26.0 Å². The van der Waals surface area contributed by atoms with Crippen molar-refractivity contribution in [3.63, 3.8) is 0 Å². The lowest BCUT2D eigenvalue weighted by Gasteiger charge is -2.60. The van der Waals surface area contributed by atoms with Crippen LogP contribution in [0.25, 0.3) is 0 Å². The van der Waals surface area contributed by atoms with Gasteiger partial charge in [0.05, 0.1) is 4.92 Å². The van der Waals surface area contributed by atoms with Crippen LogP contribution in [0, 0.1) is 20.9 Å². The predicted octanol–water partition coefficient (Wildman–Crippen LogP) is -0.234. The normalized spacial score (nSPS) is 40.1. The van der Waals surface area contributed by atoms with E-state index in [1.54, 1.807) is 12.1 Å². The fourth-order valence-electron chi connectivity index (χ4n) is 5.73. The van der Waals surface area contributed by atoms with E-state index >= 15 is 0 Å². The molecule has 4 aliphatic heterocycles. The van der Waals surface area contributed by atoms with Crippen LogP contribution >= 0.6 is 0 Å². The van der Waals surface area contributed by atoms with E-state index in [4.69, 9.17) is 0 Å². The molecule has 0 aromatic heterocycles. The first kappa shape index (κ1) is 15.7. The molecule has 4 bridgehead atoms. The molecule has 4 heterocycles. The topological polar surface area (TPSA) is 69.1 Å². The summed E-state index contributed by atoms with van der Waals surface area (Å²) in [6.45, 7) is 7.54. The van der Waals surface area contributed by atoms with Gasteiger partial charge in [-0.2, -0.15) is 0 Å². The number of nitrogens with zero attached hydrogens (tertiary/aromatic N) is 1. The number of hydrogen-bond donors (Lipinski definition) is 2. The average Bonchev–Trinajstić information content (AvgIpc) is 2.58. The largest absolute Gasteiger partial charge is 0.297 e. The summed E-state index contributed by atoms with van der Waals surface area (Å²) in [7, 11) is 0. The van der Waals surface area contributed by atoms with Crippen molar-refractivity contribution in [3.05, 3.63) is 39.9 Å². The number of piperidine rings is 2. The highest BCUT2D eigenvalue weighted by Gasteiger charge is 2.70. The van der Waals surface area contributed by atoms with Crippen molar-refractivity contribution in [1.29, 1.82) is 0 Å². The summed E-state index contributed by atoms with van der Waals surface area (Å²) in [6.07, 6.45) is 1.84. The van der Waals surface area contributed by atoms with Crippen molar-refractivity contribution in [1.82, 2.24) is 0 Å². The number of hydrogen-bond acceptors (Lipinski definition) is 3. The zero-order valence-electron chi connectivity index (χ0n) is 14.3. The molecule has 0 radical (unpaired) electrons. The Hall–Kier alpha value is -1.79. The number of nitro benzene ring substituents is 1. The van der Waals surface area contributed by atoms with Gasteiger partial charge in [0.2, 0.25) is 6.17 Å². The molecule has 1 aromatic rings. The summed E-state index contributed by atoms with van der Waals surface area (Å²) in [4.78, 5) is 27.1. The molecule has 24 heavy (non-hydrogen) atoms. The van der Waals surface area contributed by atoms with Gasteiger partial charge in [-0.15, -0.1) is 0 Å². The van der Waals surface area contributed by atoms with Gasteiger partial charge in [-0.05, 0) is 18.9 Å². The molecule has 0 amide bonds. The number of benzene rings is 1. The van der Waals surface area contributed by atoms with Gasteiger partial charge in [-0.25, -0.2) is 0 Å². The number of nitro groups is 1. The third kappa shape index (κ3) is 1.87. The Kier molecular flexibility index (Phi) is 3.34. The van der Waals surface area contributed by atoms with E-state index in [2.05, 4.69) is 13.8 Å². The summed E-state index contributed by atoms with van der Waals surface area (Å²) in [6, 6.07) is 7.14. The van der Waals surface area contributed by atoms with E-state index in [0.29, 0.717) is 5.78 Å². The van der Waals surface area contributed by atoms with Crippen molar-refractivity contribution in [2.24, 2.45) is 10.8 Å². The van der Waals surface area contributed by atoms with E-state index < -0.39 is 0 Å². The molecular weight excluding hydrogens is 306 g/mol. The number of quaternary nitrogens is 2. The number of para-hydroxylation sites is 1. The number of Topliss-reactive ketones (excluding diaryl/α,β-unsaturated/α-hetero) is 1. The first-order valence-electron chi connectivity index (χ1n) is 8.94. The molecule has 4 fully saturated rings. The standard InChI is InChI=1S/C18H23N3O3/c1-3-17-9-19-11-18(4-2,16(17)22)12-20(10-17)15(19)13-7-5-6-8-14(13)21(23)24/h5-8,15H,3-4,9-12H2,1-2H3/p+2. The zero-order valence-corrected chi connectivity index (χ0v) is 14.3. The maximum absolute atomic E-state index is 13.2. The Morgan fingerprint density at radius 1 is 1.08 bits per heavy atom. The lowest BCUT2D eigenvalue weighted by Crippen LogP contribution is -3.41. The Morgan fingerprint density at radius 2 is 1.58 bits per heavy atom. The Morgan fingerprint density at radius 3 is 2.04 bits per heavy atom. The zero-order chi connectivity index (χ0) is 17.1. The van der Waals surface area contributed by atoms with Crippen LogP contribution in [-0.2, 0) is 4.79 Å².